The summed E-state index contributed by atoms with van der Waals surface area (Å²) in [4.78, 5) is 28.0. The zero-order valence-corrected chi connectivity index (χ0v) is 23.7. The molecule has 0 unspecified atom stereocenters. The summed E-state index contributed by atoms with van der Waals surface area (Å²) in [7, 11) is 0. The molecule has 2 aromatic rings. The van der Waals surface area contributed by atoms with Crippen LogP contribution in [-0.4, -0.2) is 48.0 Å². The molecule has 1 saturated heterocycles. The Labute approximate surface area is 222 Å². The van der Waals surface area contributed by atoms with Gasteiger partial charge in [-0.1, -0.05) is 39.0 Å². The molecule has 1 fully saturated rings. The molecule has 0 spiro atoms. The van der Waals surface area contributed by atoms with E-state index in [1.165, 1.54) is 0 Å². The number of para-hydroxylation sites is 1. The number of amides is 2. The number of benzene rings is 2. The summed E-state index contributed by atoms with van der Waals surface area (Å²) in [5.74, 6) is 0.519. The van der Waals surface area contributed by atoms with Gasteiger partial charge in [0.25, 0.3) is 5.91 Å². The molecule has 0 aromatic heterocycles. The second-order valence-corrected chi connectivity index (χ2v) is 11.8. The maximum Gasteiger partial charge on any atom is 0.263 e. The van der Waals surface area contributed by atoms with Gasteiger partial charge in [0.1, 0.15) is 5.75 Å². The number of nitrogen functional groups attached to an aromatic ring is 1. The second kappa shape index (κ2) is 11.1. The standard InChI is InChI=1S/C30H44N4O3/c1-19-17-25(20(2)21(3)27(19)31)37-30(7,8)28(36)32-22-13-15-34(16-14-22)18-26(35)33-24-12-10-9-11-23(24)29(4,5)6/h9-12,17,22H,13-16,18,31H2,1-8H3,(H,32,36)(H,33,35). The average molecular weight is 509 g/mol. The number of nitrogens with one attached hydrogen (secondary N) is 2. The lowest BCUT2D eigenvalue weighted by atomic mass is 9.86. The third-order valence-corrected chi connectivity index (χ3v) is 7.32. The van der Waals surface area contributed by atoms with Gasteiger partial charge in [-0.05, 0) is 87.3 Å². The number of aryl methyl sites for hydroxylation is 1. The largest absolute Gasteiger partial charge is 0.478 e. The van der Waals surface area contributed by atoms with Crippen molar-refractivity contribution in [3.8, 4) is 5.75 Å². The Morgan fingerprint density at radius 1 is 1.03 bits per heavy atom. The lowest BCUT2D eigenvalue weighted by Gasteiger charge is -2.34. The molecule has 1 aliphatic heterocycles. The summed E-state index contributed by atoms with van der Waals surface area (Å²) in [5, 5.41) is 6.25. The van der Waals surface area contributed by atoms with Gasteiger partial charge in [-0.3, -0.25) is 14.5 Å². The molecular formula is C30H44N4O3. The van der Waals surface area contributed by atoms with E-state index in [4.69, 9.17) is 10.5 Å². The number of rotatable bonds is 7. The van der Waals surface area contributed by atoms with Crippen molar-refractivity contribution >= 4 is 23.2 Å². The second-order valence-electron chi connectivity index (χ2n) is 11.8. The first kappa shape index (κ1) is 28.5. The molecule has 37 heavy (non-hydrogen) atoms. The Kier molecular flexibility index (Phi) is 8.58. The van der Waals surface area contributed by atoms with Crippen LogP contribution in [0.3, 0.4) is 0 Å². The topological polar surface area (TPSA) is 96.7 Å². The van der Waals surface area contributed by atoms with Crippen LogP contribution in [0.4, 0.5) is 11.4 Å². The van der Waals surface area contributed by atoms with Crippen molar-refractivity contribution in [1.82, 2.24) is 10.2 Å². The number of carbonyl (C=O) groups is 2. The number of hydrogen-bond acceptors (Lipinski definition) is 5. The van der Waals surface area contributed by atoms with E-state index in [-0.39, 0.29) is 23.3 Å². The summed E-state index contributed by atoms with van der Waals surface area (Å²) >= 11 is 0. The van der Waals surface area contributed by atoms with Crippen LogP contribution in [0.25, 0.3) is 0 Å². The van der Waals surface area contributed by atoms with Crippen LogP contribution in [-0.2, 0) is 15.0 Å². The SMILES string of the molecule is Cc1cc(OC(C)(C)C(=O)NC2CCN(CC(=O)Nc3ccccc3C(C)(C)C)CC2)c(C)c(C)c1N. The van der Waals surface area contributed by atoms with Crippen LogP contribution in [0.2, 0.25) is 0 Å². The number of anilines is 2. The molecule has 202 valence electrons. The summed E-state index contributed by atoms with van der Waals surface area (Å²) in [6, 6.07) is 9.91. The molecule has 0 saturated carbocycles. The Morgan fingerprint density at radius 2 is 1.65 bits per heavy atom. The molecule has 3 rings (SSSR count). The van der Waals surface area contributed by atoms with E-state index in [0.29, 0.717) is 12.3 Å². The quantitative estimate of drug-likeness (QED) is 0.464. The molecule has 1 heterocycles. The Balaban J connectivity index is 1.52. The minimum absolute atomic E-state index is 0.0156. The maximum absolute atomic E-state index is 13.1. The summed E-state index contributed by atoms with van der Waals surface area (Å²) in [6.45, 7) is 17.7. The number of ether oxygens (including phenoxy) is 1. The first-order chi connectivity index (χ1) is 17.2. The lowest BCUT2D eigenvalue weighted by molar-refractivity contribution is -0.135. The van der Waals surface area contributed by atoms with Crippen LogP contribution in [0, 0.1) is 20.8 Å². The summed E-state index contributed by atoms with van der Waals surface area (Å²) in [6.07, 6.45) is 1.57. The first-order valence-electron chi connectivity index (χ1n) is 13.2. The van der Waals surface area contributed by atoms with E-state index < -0.39 is 5.60 Å². The van der Waals surface area contributed by atoms with E-state index in [2.05, 4.69) is 42.4 Å². The normalized spacial score (nSPS) is 15.4. The van der Waals surface area contributed by atoms with Crippen LogP contribution < -0.4 is 21.1 Å². The van der Waals surface area contributed by atoms with E-state index in [1.54, 1.807) is 13.8 Å². The molecule has 0 bridgehead atoms. The van der Waals surface area contributed by atoms with Gasteiger partial charge in [0.05, 0.1) is 6.54 Å². The monoisotopic (exact) mass is 508 g/mol. The third kappa shape index (κ3) is 7.04. The van der Waals surface area contributed by atoms with Crippen LogP contribution >= 0.6 is 0 Å². The van der Waals surface area contributed by atoms with E-state index in [1.807, 2.05) is 45.0 Å². The number of likely N-dealkylation sites (tertiary alicyclic amines) is 1. The Morgan fingerprint density at radius 3 is 2.27 bits per heavy atom. The predicted octanol–water partition coefficient (Wildman–Crippen LogP) is 4.87. The number of hydrogen-bond donors (Lipinski definition) is 3. The fourth-order valence-electron chi connectivity index (χ4n) is 4.73. The molecule has 1 aliphatic rings. The molecule has 0 aliphatic carbocycles. The van der Waals surface area contributed by atoms with Gasteiger partial charge in [0.2, 0.25) is 5.91 Å². The fourth-order valence-corrected chi connectivity index (χ4v) is 4.73. The molecule has 0 radical (unpaired) electrons. The van der Waals surface area contributed by atoms with Crippen molar-refractivity contribution < 1.29 is 14.3 Å². The fraction of sp³-hybridized carbons (Fsp3) is 0.533. The number of carbonyl (C=O) groups excluding carboxylic acids is 2. The molecule has 2 amide bonds. The third-order valence-electron chi connectivity index (χ3n) is 7.32. The van der Waals surface area contributed by atoms with E-state index >= 15 is 0 Å². The smallest absolute Gasteiger partial charge is 0.263 e. The van der Waals surface area contributed by atoms with Gasteiger partial charge in [0.15, 0.2) is 5.60 Å². The van der Waals surface area contributed by atoms with Crippen molar-refractivity contribution in [2.75, 3.05) is 30.7 Å². The van der Waals surface area contributed by atoms with Gasteiger partial charge >= 0.3 is 0 Å². The molecular weight excluding hydrogens is 464 g/mol. The highest BCUT2D eigenvalue weighted by molar-refractivity contribution is 5.93. The van der Waals surface area contributed by atoms with E-state index in [0.717, 1.165) is 59.6 Å². The highest BCUT2D eigenvalue weighted by Crippen LogP contribution is 2.32. The molecule has 7 nitrogen and oxygen atoms in total. The Bertz CT molecular complexity index is 1140. The van der Waals surface area contributed by atoms with Gasteiger partial charge in [0, 0.05) is 30.5 Å². The molecule has 2 aromatic carbocycles. The van der Waals surface area contributed by atoms with Crippen molar-refractivity contribution in [3.63, 3.8) is 0 Å². The van der Waals surface area contributed by atoms with E-state index in [9.17, 15) is 9.59 Å². The maximum atomic E-state index is 13.1. The van der Waals surface area contributed by atoms with Gasteiger partial charge in [-0.2, -0.15) is 0 Å². The zero-order valence-electron chi connectivity index (χ0n) is 23.7. The predicted molar refractivity (Wildman–Crippen MR) is 151 cm³/mol. The van der Waals surface area contributed by atoms with Crippen LogP contribution in [0.15, 0.2) is 30.3 Å². The molecule has 7 heteroatoms. The minimum atomic E-state index is -1.03. The summed E-state index contributed by atoms with van der Waals surface area (Å²) in [5.41, 5.74) is 10.7. The van der Waals surface area contributed by atoms with Crippen molar-refractivity contribution in [1.29, 1.82) is 0 Å². The van der Waals surface area contributed by atoms with Gasteiger partial charge in [-0.15, -0.1) is 0 Å². The lowest BCUT2D eigenvalue weighted by Crippen LogP contribution is -2.53. The summed E-state index contributed by atoms with van der Waals surface area (Å²) < 4.78 is 6.19. The van der Waals surface area contributed by atoms with Crippen molar-refractivity contribution in [2.45, 2.75) is 85.3 Å². The zero-order chi connectivity index (χ0) is 27.5. The highest BCUT2D eigenvalue weighted by atomic mass is 16.5. The molecule has 4 N–H and O–H groups in total. The average Bonchev–Trinajstić information content (AvgIpc) is 2.82. The number of nitrogens with two attached hydrogens (primary N) is 1. The van der Waals surface area contributed by atoms with Gasteiger partial charge < -0.3 is 21.1 Å². The number of nitrogens with zero attached hydrogens (tertiary/aromatic N) is 1. The van der Waals surface area contributed by atoms with Crippen LogP contribution in [0.1, 0.15) is 69.7 Å². The minimum Gasteiger partial charge on any atom is -0.478 e. The number of piperidine rings is 1. The molecule has 0 atom stereocenters. The van der Waals surface area contributed by atoms with Crippen LogP contribution in [0.5, 0.6) is 5.75 Å². The van der Waals surface area contributed by atoms with Crippen molar-refractivity contribution in [3.05, 3.63) is 52.6 Å². The highest BCUT2D eigenvalue weighted by Gasteiger charge is 2.33. The first-order valence-corrected chi connectivity index (χ1v) is 13.2. The van der Waals surface area contributed by atoms with Gasteiger partial charge in [-0.25, -0.2) is 0 Å². The Hall–Kier alpha value is -3.06. The van der Waals surface area contributed by atoms with Crippen molar-refractivity contribution in [2.24, 2.45) is 0 Å².